The summed E-state index contributed by atoms with van der Waals surface area (Å²) in [7, 11) is 0. The van der Waals surface area contributed by atoms with E-state index in [1.165, 1.54) is 0 Å². The van der Waals surface area contributed by atoms with Gasteiger partial charge in [0.05, 0.1) is 12.3 Å². The lowest BCUT2D eigenvalue weighted by molar-refractivity contribution is 0.340. The van der Waals surface area contributed by atoms with Gasteiger partial charge in [0.2, 0.25) is 0 Å². The number of anilines is 1. The van der Waals surface area contributed by atoms with Gasteiger partial charge in [-0.1, -0.05) is 29.8 Å². The summed E-state index contributed by atoms with van der Waals surface area (Å²) in [4.78, 5) is 0. The molecule has 0 aromatic heterocycles. The summed E-state index contributed by atoms with van der Waals surface area (Å²) in [6.45, 7) is 6.79. The minimum Gasteiger partial charge on any atom is -0.492 e. The Morgan fingerprint density at radius 3 is 2.52 bits per heavy atom. The molecule has 0 unspecified atom stereocenters. The van der Waals surface area contributed by atoms with Crippen molar-refractivity contribution in [2.24, 2.45) is 0 Å². The standard InChI is InChI=1S/C17H20BrNO2/c1-4-20-17-10-13(6-7-15(17)19)21-16-8-5-12(18)9-14(16)11(2)3/h5-11H,4,19H2,1-3H3. The molecule has 0 saturated carbocycles. The molecule has 0 spiro atoms. The summed E-state index contributed by atoms with van der Waals surface area (Å²) in [5.41, 5.74) is 7.65. The molecule has 0 aliphatic carbocycles. The molecule has 0 atom stereocenters. The molecule has 0 bridgehead atoms. The van der Waals surface area contributed by atoms with Crippen LogP contribution in [0, 0.1) is 0 Å². The van der Waals surface area contributed by atoms with Crippen molar-refractivity contribution in [1.29, 1.82) is 0 Å². The van der Waals surface area contributed by atoms with Crippen molar-refractivity contribution in [3.05, 3.63) is 46.4 Å². The molecule has 0 heterocycles. The van der Waals surface area contributed by atoms with Crippen molar-refractivity contribution in [2.45, 2.75) is 26.7 Å². The Morgan fingerprint density at radius 1 is 1.10 bits per heavy atom. The average Bonchev–Trinajstić information content (AvgIpc) is 2.44. The van der Waals surface area contributed by atoms with Crippen LogP contribution in [0.2, 0.25) is 0 Å². The largest absolute Gasteiger partial charge is 0.492 e. The highest BCUT2D eigenvalue weighted by Gasteiger charge is 2.11. The first kappa shape index (κ1) is 15.7. The SMILES string of the molecule is CCOc1cc(Oc2ccc(Br)cc2C(C)C)ccc1N. The first-order chi connectivity index (χ1) is 10.0. The van der Waals surface area contributed by atoms with Gasteiger partial charge in [0.1, 0.15) is 17.2 Å². The zero-order valence-electron chi connectivity index (χ0n) is 12.5. The second-order valence-electron chi connectivity index (χ2n) is 5.07. The van der Waals surface area contributed by atoms with Crippen molar-refractivity contribution in [2.75, 3.05) is 12.3 Å². The number of hydrogen-bond acceptors (Lipinski definition) is 3. The molecule has 3 nitrogen and oxygen atoms in total. The van der Waals surface area contributed by atoms with E-state index in [1.807, 2.05) is 31.2 Å². The zero-order valence-corrected chi connectivity index (χ0v) is 14.1. The minimum atomic E-state index is 0.373. The van der Waals surface area contributed by atoms with Crippen molar-refractivity contribution in [1.82, 2.24) is 0 Å². The van der Waals surface area contributed by atoms with Gasteiger partial charge in [-0.25, -0.2) is 0 Å². The normalized spacial score (nSPS) is 10.7. The summed E-state index contributed by atoms with van der Waals surface area (Å²) < 4.78 is 12.6. The van der Waals surface area contributed by atoms with Crippen LogP contribution in [-0.4, -0.2) is 6.61 Å². The predicted molar refractivity (Wildman–Crippen MR) is 90.3 cm³/mol. The minimum absolute atomic E-state index is 0.373. The van der Waals surface area contributed by atoms with Gasteiger partial charge in [0.15, 0.2) is 0 Å². The maximum absolute atomic E-state index is 6.01. The molecule has 2 rings (SSSR count). The van der Waals surface area contributed by atoms with Crippen molar-refractivity contribution >= 4 is 21.6 Å². The summed E-state index contributed by atoms with van der Waals surface area (Å²) in [5, 5.41) is 0. The molecule has 0 saturated heterocycles. The highest BCUT2D eigenvalue weighted by Crippen LogP contribution is 2.35. The van der Waals surface area contributed by atoms with Crippen molar-refractivity contribution in [3.8, 4) is 17.2 Å². The van der Waals surface area contributed by atoms with Gasteiger partial charge in [-0.3, -0.25) is 0 Å². The van der Waals surface area contributed by atoms with Gasteiger partial charge < -0.3 is 15.2 Å². The Balaban J connectivity index is 2.32. The van der Waals surface area contributed by atoms with Crippen molar-refractivity contribution in [3.63, 3.8) is 0 Å². The van der Waals surface area contributed by atoms with Crippen LogP contribution in [0.1, 0.15) is 32.3 Å². The summed E-state index contributed by atoms with van der Waals surface area (Å²) in [6.07, 6.45) is 0. The lowest BCUT2D eigenvalue weighted by Crippen LogP contribution is -1.98. The number of nitrogens with two attached hydrogens (primary N) is 1. The highest BCUT2D eigenvalue weighted by molar-refractivity contribution is 9.10. The lowest BCUT2D eigenvalue weighted by atomic mass is 10.0. The van der Waals surface area contributed by atoms with Gasteiger partial charge in [0, 0.05) is 10.5 Å². The summed E-state index contributed by atoms with van der Waals surface area (Å²) >= 11 is 3.50. The van der Waals surface area contributed by atoms with Crippen molar-refractivity contribution < 1.29 is 9.47 Å². The maximum atomic E-state index is 6.01. The molecule has 0 aliphatic heterocycles. The number of halogens is 1. The fraction of sp³-hybridized carbons (Fsp3) is 0.294. The van der Waals surface area contributed by atoms with Crippen LogP contribution in [0.4, 0.5) is 5.69 Å². The Bertz CT molecular complexity index is 626. The summed E-state index contributed by atoms with van der Waals surface area (Å²) in [5.74, 6) is 2.59. The van der Waals surface area contributed by atoms with E-state index in [0.717, 1.165) is 21.5 Å². The molecule has 21 heavy (non-hydrogen) atoms. The molecule has 0 radical (unpaired) electrons. The van der Waals surface area contributed by atoms with Crippen LogP contribution in [0.3, 0.4) is 0 Å². The Labute approximate surface area is 134 Å². The van der Waals surface area contributed by atoms with Gasteiger partial charge >= 0.3 is 0 Å². The van der Waals surface area contributed by atoms with E-state index in [4.69, 9.17) is 15.2 Å². The van der Waals surface area contributed by atoms with E-state index in [0.29, 0.717) is 24.0 Å². The van der Waals surface area contributed by atoms with Crippen LogP contribution in [0.25, 0.3) is 0 Å². The van der Waals surface area contributed by atoms with E-state index >= 15 is 0 Å². The third-order valence-corrected chi connectivity index (χ3v) is 3.60. The second-order valence-corrected chi connectivity index (χ2v) is 5.99. The number of ether oxygens (including phenoxy) is 2. The van der Waals surface area contributed by atoms with E-state index in [1.54, 1.807) is 6.07 Å². The fourth-order valence-corrected chi connectivity index (χ4v) is 2.43. The number of benzene rings is 2. The van der Waals surface area contributed by atoms with Crippen LogP contribution in [-0.2, 0) is 0 Å². The molecule has 0 amide bonds. The molecule has 0 fully saturated rings. The molecular weight excluding hydrogens is 330 g/mol. The Hall–Kier alpha value is -1.68. The lowest BCUT2D eigenvalue weighted by Gasteiger charge is -2.15. The first-order valence-electron chi connectivity index (χ1n) is 7.01. The van der Waals surface area contributed by atoms with Crippen LogP contribution in [0.5, 0.6) is 17.2 Å². The van der Waals surface area contributed by atoms with E-state index < -0.39 is 0 Å². The first-order valence-corrected chi connectivity index (χ1v) is 7.80. The fourth-order valence-electron chi connectivity index (χ4n) is 2.05. The second kappa shape index (κ2) is 6.85. The van der Waals surface area contributed by atoms with Crippen LogP contribution in [0.15, 0.2) is 40.9 Å². The van der Waals surface area contributed by atoms with E-state index in [2.05, 4.69) is 35.8 Å². The zero-order chi connectivity index (χ0) is 15.4. The molecular formula is C17H20BrNO2. The smallest absolute Gasteiger partial charge is 0.145 e. The monoisotopic (exact) mass is 349 g/mol. The third-order valence-electron chi connectivity index (χ3n) is 3.11. The molecule has 2 aromatic carbocycles. The predicted octanol–water partition coefficient (Wildman–Crippen LogP) is 5.35. The van der Waals surface area contributed by atoms with Crippen LogP contribution >= 0.6 is 15.9 Å². The van der Waals surface area contributed by atoms with E-state index in [-0.39, 0.29) is 0 Å². The number of rotatable bonds is 5. The molecule has 4 heteroatoms. The molecule has 0 aliphatic rings. The van der Waals surface area contributed by atoms with Gasteiger partial charge in [-0.2, -0.15) is 0 Å². The Kier molecular flexibility index (Phi) is 5.12. The molecule has 2 N–H and O–H groups in total. The van der Waals surface area contributed by atoms with E-state index in [9.17, 15) is 0 Å². The van der Waals surface area contributed by atoms with Gasteiger partial charge in [0.25, 0.3) is 0 Å². The summed E-state index contributed by atoms with van der Waals surface area (Å²) in [6, 6.07) is 11.5. The highest BCUT2D eigenvalue weighted by atomic mass is 79.9. The van der Waals surface area contributed by atoms with Gasteiger partial charge in [-0.05, 0) is 48.7 Å². The maximum Gasteiger partial charge on any atom is 0.145 e. The topological polar surface area (TPSA) is 44.5 Å². The average molecular weight is 350 g/mol. The molecule has 112 valence electrons. The number of nitrogen functional groups attached to an aromatic ring is 1. The van der Waals surface area contributed by atoms with Crippen LogP contribution < -0.4 is 15.2 Å². The Morgan fingerprint density at radius 2 is 1.86 bits per heavy atom. The number of hydrogen-bond donors (Lipinski definition) is 1. The molecule has 2 aromatic rings. The van der Waals surface area contributed by atoms with Gasteiger partial charge in [-0.15, -0.1) is 0 Å². The third kappa shape index (κ3) is 3.91. The quantitative estimate of drug-likeness (QED) is 0.740.